The van der Waals surface area contributed by atoms with E-state index >= 15 is 0 Å². The van der Waals surface area contributed by atoms with Crippen molar-refractivity contribution >= 4 is 45.6 Å². The van der Waals surface area contributed by atoms with Crippen LogP contribution in [0, 0.1) is 0 Å². The number of aldehydes is 1. The normalized spacial score (nSPS) is 13.9. The first-order chi connectivity index (χ1) is 11.3. The van der Waals surface area contributed by atoms with Gasteiger partial charge in [-0.1, -0.05) is 0 Å². The first-order valence-corrected chi connectivity index (χ1v) is 10.2. The van der Waals surface area contributed by atoms with Gasteiger partial charge in [0.15, 0.2) is 0 Å². The van der Waals surface area contributed by atoms with Gasteiger partial charge in [-0.2, -0.15) is 0 Å². The minimum absolute atomic E-state index is 0.129. The van der Waals surface area contributed by atoms with Gasteiger partial charge in [-0.15, -0.1) is 0 Å². The molecule has 0 heterocycles. The van der Waals surface area contributed by atoms with Crippen LogP contribution in [0.1, 0.15) is 24.2 Å². The van der Waals surface area contributed by atoms with Gasteiger partial charge in [0.2, 0.25) is 0 Å². The van der Waals surface area contributed by atoms with Crippen LogP contribution in [0.2, 0.25) is 0 Å². The third kappa shape index (κ3) is 3.11. The quantitative estimate of drug-likeness (QED) is 0.522. The number of benzene rings is 2. The topological polar surface area (TPSA) is 55.8 Å². The molecule has 4 nitrogen and oxygen atoms in total. The number of carbonyl (C=O) groups is 1. The summed E-state index contributed by atoms with van der Waals surface area (Å²) in [4.78, 5) is 22.0. The Balaban J connectivity index is 2.82. The van der Waals surface area contributed by atoms with E-state index in [-0.39, 0.29) is 23.0 Å². The number of rotatable bonds is 7. The number of hydrogen-bond donors (Lipinski definition) is 1. The van der Waals surface area contributed by atoms with E-state index in [4.69, 9.17) is 9.05 Å². The molecule has 0 radical (unpaired) electrons. The molecule has 0 spiro atoms. The number of carbonyl (C=O) groups excluding carboxylic acids is 1. The third-order valence-corrected chi connectivity index (χ3v) is 8.03. The van der Waals surface area contributed by atoms with Gasteiger partial charge >= 0.3 is 147 Å². The predicted molar refractivity (Wildman–Crippen MR) is 95.1 cm³/mol. The summed E-state index contributed by atoms with van der Waals surface area (Å²) in [5.41, 5.74) is 0.402. The van der Waals surface area contributed by atoms with Crippen LogP contribution in [0.4, 0.5) is 8.78 Å². The van der Waals surface area contributed by atoms with Gasteiger partial charge in [0, 0.05) is 0 Å². The summed E-state index contributed by atoms with van der Waals surface area (Å²) in [6.07, 6.45) is -2.57. The summed E-state index contributed by atoms with van der Waals surface area (Å²) in [5.74, 6) is 0. The van der Waals surface area contributed by atoms with Crippen LogP contribution in [0.15, 0.2) is 34.8 Å². The second kappa shape index (κ2) is 7.10. The fraction of sp³-hybridized carbons (Fsp3) is 0.312. The molecule has 0 saturated heterocycles. The zero-order chi connectivity index (χ0) is 18.0. The Morgan fingerprint density at radius 2 is 1.79 bits per heavy atom. The van der Waals surface area contributed by atoms with Crippen molar-refractivity contribution in [2.24, 2.45) is 0 Å². The summed E-state index contributed by atoms with van der Waals surface area (Å²) in [6.45, 7) is 2.74. The van der Waals surface area contributed by atoms with Crippen molar-refractivity contribution in [3.8, 4) is 0 Å². The van der Waals surface area contributed by atoms with Gasteiger partial charge in [0.25, 0.3) is 0 Å². The number of fused-ring (bicyclic) bond motifs is 1. The Bertz CT molecular complexity index is 763. The van der Waals surface area contributed by atoms with Crippen LogP contribution in [-0.2, 0) is 9.05 Å². The number of hydrogen-bond acceptors (Lipinski definition) is 4. The Labute approximate surface area is 147 Å². The molecule has 2 aromatic rings. The zero-order valence-corrected chi connectivity index (χ0v) is 15.7. The van der Waals surface area contributed by atoms with Crippen molar-refractivity contribution in [2.45, 2.75) is 20.0 Å². The molecule has 0 bridgehead atoms. The van der Waals surface area contributed by atoms with Crippen LogP contribution in [0.5, 0.6) is 0 Å². The van der Waals surface area contributed by atoms with E-state index in [9.17, 15) is 18.5 Å². The minimum atomic E-state index is -5.40. The van der Waals surface area contributed by atoms with Gasteiger partial charge in [-0.25, -0.2) is 0 Å². The maximum absolute atomic E-state index is 14.0. The van der Waals surface area contributed by atoms with E-state index in [1.54, 1.807) is 24.3 Å². The molecule has 0 atom stereocenters. The summed E-state index contributed by atoms with van der Waals surface area (Å²) in [5, 5.41) is 1.12. The third-order valence-electron chi connectivity index (χ3n) is 3.61. The zero-order valence-electron chi connectivity index (χ0n) is 13.2. The molecular formula is C16H18BrF2O4P. The van der Waals surface area contributed by atoms with E-state index < -0.39 is 13.5 Å². The molecule has 8 heteroatoms. The molecule has 0 amide bonds. The average molecular weight is 423 g/mol. The van der Waals surface area contributed by atoms with Gasteiger partial charge in [0.1, 0.15) is 0 Å². The molecule has 0 fully saturated rings. The molecule has 0 aromatic heterocycles. The monoisotopic (exact) mass is 422 g/mol. The fourth-order valence-corrected chi connectivity index (χ4v) is 6.52. The van der Waals surface area contributed by atoms with Gasteiger partial charge in [-0.3, -0.25) is 0 Å². The van der Waals surface area contributed by atoms with Crippen LogP contribution >= 0.6 is 23.2 Å². The Hall–Kier alpha value is -0.980. The van der Waals surface area contributed by atoms with E-state index in [0.717, 1.165) is 5.39 Å². The van der Waals surface area contributed by atoms with E-state index in [1.807, 2.05) is 0 Å². The summed E-state index contributed by atoms with van der Waals surface area (Å²) < 4.78 is 38.7. The molecule has 0 saturated carbocycles. The fourth-order valence-electron chi connectivity index (χ4n) is 2.56. The molecule has 0 aliphatic heterocycles. The van der Waals surface area contributed by atoms with Crippen LogP contribution in [0.25, 0.3) is 10.8 Å². The number of alkyl halides is 2. The van der Waals surface area contributed by atoms with E-state index in [1.165, 1.54) is 19.9 Å². The van der Waals surface area contributed by atoms with Crippen LogP contribution < -0.4 is 5.30 Å². The standard InChI is InChI=1S/C16H18BrF2O4P/c1-3-22-24(21,16(18)19,23-4-2)15-9-13-7-11(10-20)5-6-12(13)8-14(15)17/h5-10,16,21H,3-4H2,1-2H3. The second-order valence-corrected chi connectivity index (χ2v) is 9.31. The maximum atomic E-state index is 14.0. The molecule has 2 aromatic carbocycles. The molecule has 2 rings (SSSR count). The second-order valence-electron chi connectivity index (χ2n) is 5.12. The van der Waals surface area contributed by atoms with Crippen LogP contribution in [-0.4, -0.2) is 30.6 Å². The SMILES string of the molecule is CCOP(O)(OCC)(c1cc2cc(C=O)ccc2cc1Br)C(F)F. The Kier molecular flexibility index (Phi) is 5.72. The average Bonchev–Trinajstić information content (AvgIpc) is 2.54. The van der Waals surface area contributed by atoms with Crippen molar-refractivity contribution in [3.63, 3.8) is 0 Å². The first kappa shape index (κ1) is 19.3. The summed E-state index contributed by atoms with van der Waals surface area (Å²) >= 11 is 3.24. The van der Waals surface area contributed by atoms with Gasteiger partial charge in [0.05, 0.1) is 0 Å². The predicted octanol–water partition coefficient (Wildman–Crippen LogP) is 4.63. The van der Waals surface area contributed by atoms with Crippen LogP contribution in [0.3, 0.4) is 0 Å². The Morgan fingerprint density at radius 3 is 2.29 bits per heavy atom. The molecule has 0 unspecified atom stereocenters. The first-order valence-electron chi connectivity index (χ1n) is 7.33. The molecule has 0 aliphatic rings. The summed E-state index contributed by atoms with van der Waals surface area (Å²) in [7, 11) is -5.40. The molecule has 24 heavy (non-hydrogen) atoms. The Morgan fingerprint density at radius 1 is 1.17 bits per heavy atom. The number of halogens is 3. The van der Waals surface area contributed by atoms with Crippen molar-refractivity contribution in [1.82, 2.24) is 0 Å². The van der Waals surface area contributed by atoms with E-state index in [0.29, 0.717) is 17.2 Å². The molecule has 1 N–H and O–H groups in total. The van der Waals surface area contributed by atoms with Gasteiger partial charge < -0.3 is 0 Å². The van der Waals surface area contributed by atoms with Crippen molar-refractivity contribution in [1.29, 1.82) is 0 Å². The molecule has 0 aliphatic carbocycles. The molecule has 132 valence electrons. The summed E-state index contributed by atoms with van der Waals surface area (Å²) in [6, 6.07) is 7.86. The molecular weight excluding hydrogens is 405 g/mol. The van der Waals surface area contributed by atoms with Crippen molar-refractivity contribution < 1.29 is 27.5 Å². The van der Waals surface area contributed by atoms with Crippen molar-refractivity contribution in [3.05, 3.63) is 40.4 Å². The van der Waals surface area contributed by atoms with Gasteiger partial charge in [-0.05, 0) is 0 Å². The van der Waals surface area contributed by atoms with E-state index in [2.05, 4.69) is 15.9 Å². The van der Waals surface area contributed by atoms with Crippen molar-refractivity contribution in [2.75, 3.05) is 13.2 Å².